The van der Waals surface area contributed by atoms with Gasteiger partial charge in [0.15, 0.2) is 0 Å². The number of hydrogen-bond donors (Lipinski definition) is 2. The lowest BCUT2D eigenvalue weighted by atomic mass is 9.99. The Morgan fingerprint density at radius 2 is 1.94 bits per heavy atom. The zero-order valence-corrected chi connectivity index (χ0v) is 10.6. The molecule has 5 heteroatoms. The van der Waals surface area contributed by atoms with E-state index in [-0.39, 0.29) is 0 Å². The molecule has 0 amide bonds. The van der Waals surface area contributed by atoms with Crippen LogP contribution in [-0.4, -0.2) is 65.2 Å². The van der Waals surface area contributed by atoms with Gasteiger partial charge in [-0.1, -0.05) is 0 Å². The first-order chi connectivity index (χ1) is 7.99. The quantitative estimate of drug-likeness (QED) is 0.707. The number of carboxylic acids is 1. The molecule has 1 atom stereocenters. The molecule has 0 aromatic rings. The Morgan fingerprint density at radius 3 is 2.41 bits per heavy atom. The smallest absolute Gasteiger partial charge is 0.323 e. The van der Waals surface area contributed by atoms with Crippen molar-refractivity contribution < 1.29 is 9.90 Å². The van der Waals surface area contributed by atoms with Crippen molar-refractivity contribution in [3.63, 3.8) is 0 Å². The van der Waals surface area contributed by atoms with Gasteiger partial charge in [-0.15, -0.1) is 0 Å². The number of nitrogens with two attached hydrogens (primary N) is 1. The molecule has 2 fully saturated rings. The van der Waals surface area contributed by atoms with Crippen molar-refractivity contribution in [3.05, 3.63) is 0 Å². The van der Waals surface area contributed by atoms with Gasteiger partial charge >= 0.3 is 5.97 Å². The molecule has 98 valence electrons. The minimum atomic E-state index is -1.09. The Kier molecular flexibility index (Phi) is 3.70. The lowest BCUT2D eigenvalue weighted by Crippen LogP contribution is -2.51. The van der Waals surface area contributed by atoms with E-state index in [1.165, 1.54) is 12.8 Å². The fraction of sp³-hybridized carbons (Fsp3) is 0.917. The largest absolute Gasteiger partial charge is 0.480 e. The first kappa shape index (κ1) is 12.8. The van der Waals surface area contributed by atoms with Crippen LogP contribution in [0.25, 0.3) is 0 Å². The SMILES string of the molecule is CC(N)(CCN1CCN(C2CC2)CC1)C(=O)O. The average molecular weight is 241 g/mol. The maximum atomic E-state index is 10.9. The zero-order chi connectivity index (χ0) is 12.5. The summed E-state index contributed by atoms with van der Waals surface area (Å²) in [5.74, 6) is -0.908. The molecule has 1 unspecified atom stereocenters. The molecular weight excluding hydrogens is 218 g/mol. The predicted molar refractivity (Wildman–Crippen MR) is 65.9 cm³/mol. The molecule has 0 bridgehead atoms. The van der Waals surface area contributed by atoms with E-state index in [2.05, 4.69) is 9.80 Å². The monoisotopic (exact) mass is 241 g/mol. The van der Waals surface area contributed by atoms with Crippen molar-refractivity contribution in [2.75, 3.05) is 32.7 Å². The van der Waals surface area contributed by atoms with Crippen LogP contribution < -0.4 is 5.73 Å². The second kappa shape index (κ2) is 4.92. The third kappa shape index (κ3) is 3.40. The summed E-state index contributed by atoms with van der Waals surface area (Å²) in [6.45, 7) is 6.73. The highest BCUT2D eigenvalue weighted by Gasteiger charge is 2.32. The van der Waals surface area contributed by atoms with Crippen LogP contribution in [0.2, 0.25) is 0 Å². The Hall–Kier alpha value is -0.650. The van der Waals surface area contributed by atoms with Crippen LogP contribution >= 0.6 is 0 Å². The van der Waals surface area contributed by atoms with Crippen molar-refractivity contribution in [1.29, 1.82) is 0 Å². The maximum Gasteiger partial charge on any atom is 0.323 e. The van der Waals surface area contributed by atoms with Crippen LogP contribution in [0.1, 0.15) is 26.2 Å². The molecule has 1 saturated heterocycles. The van der Waals surface area contributed by atoms with Crippen LogP contribution in [0.4, 0.5) is 0 Å². The van der Waals surface area contributed by atoms with E-state index in [4.69, 9.17) is 10.8 Å². The van der Waals surface area contributed by atoms with E-state index in [0.29, 0.717) is 6.42 Å². The van der Waals surface area contributed by atoms with Gasteiger partial charge in [-0.2, -0.15) is 0 Å². The second-order valence-electron chi connectivity index (χ2n) is 5.58. The summed E-state index contributed by atoms with van der Waals surface area (Å²) in [4.78, 5) is 15.8. The maximum absolute atomic E-state index is 10.9. The number of nitrogens with zero attached hydrogens (tertiary/aromatic N) is 2. The minimum absolute atomic E-state index is 0.520. The van der Waals surface area contributed by atoms with Gasteiger partial charge in [-0.25, -0.2) is 0 Å². The fourth-order valence-electron chi connectivity index (χ4n) is 2.29. The first-order valence-electron chi connectivity index (χ1n) is 6.48. The van der Waals surface area contributed by atoms with E-state index in [1.54, 1.807) is 6.92 Å². The van der Waals surface area contributed by atoms with Gasteiger partial charge in [-0.3, -0.25) is 9.69 Å². The van der Waals surface area contributed by atoms with Gasteiger partial charge in [-0.05, 0) is 26.2 Å². The number of aliphatic carboxylic acids is 1. The molecule has 0 aromatic carbocycles. The highest BCUT2D eigenvalue weighted by molar-refractivity contribution is 5.77. The summed E-state index contributed by atoms with van der Waals surface area (Å²) >= 11 is 0. The van der Waals surface area contributed by atoms with Gasteiger partial charge < -0.3 is 15.7 Å². The van der Waals surface area contributed by atoms with Gasteiger partial charge in [0.05, 0.1) is 0 Å². The molecule has 2 rings (SSSR count). The zero-order valence-electron chi connectivity index (χ0n) is 10.6. The summed E-state index contributed by atoms with van der Waals surface area (Å²) in [5, 5.41) is 8.94. The van der Waals surface area contributed by atoms with E-state index in [0.717, 1.165) is 38.8 Å². The Morgan fingerprint density at radius 1 is 1.35 bits per heavy atom. The standard InChI is InChI=1S/C12H23N3O2/c1-12(13,11(16)17)4-5-14-6-8-15(9-7-14)10-2-3-10/h10H,2-9,13H2,1H3,(H,16,17). The number of hydrogen-bond acceptors (Lipinski definition) is 4. The molecule has 1 aliphatic carbocycles. The molecule has 1 heterocycles. The van der Waals surface area contributed by atoms with Crippen molar-refractivity contribution in [2.24, 2.45) is 5.73 Å². The van der Waals surface area contributed by atoms with Gasteiger partial charge in [0.25, 0.3) is 0 Å². The molecule has 17 heavy (non-hydrogen) atoms. The average Bonchev–Trinajstić information content (AvgIpc) is 3.11. The fourth-order valence-corrected chi connectivity index (χ4v) is 2.29. The number of piperazine rings is 1. The van der Waals surface area contributed by atoms with Crippen LogP contribution in [0.3, 0.4) is 0 Å². The first-order valence-corrected chi connectivity index (χ1v) is 6.48. The van der Waals surface area contributed by atoms with Crippen molar-refractivity contribution in [2.45, 2.75) is 37.8 Å². The lowest BCUT2D eigenvalue weighted by Gasteiger charge is -2.35. The summed E-state index contributed by atoms with van der Waals surface area (Å²) in [5.41, 5.74) is 4.64. The van der Waals surface area contributed by atoms with Crippen molar-refractivity contribution >= 4 is 5.97 Å². The third-order valence-corrected chi connectivity index (χ3v) is 3.91. The topological polar surface area (TPSA) is 69.8 Å². The molecule has 2 aliphatic rings. The minimum Gasteiger partial charge on any atom is -0.480 e. The molecule has 0 aromatic heterocycles. The number of rotatable bonds is 5. The molecule has 3 N–H and O–H groups in total. The normalized spacial score (nSPS) is 26.7. The van der Waals surface area contributed by atoms with Gasteiger partial charge in [0, 0.05) is 38.8 Å². The summed E-state index contributed by atoms with van der Waals surface area (Å²) in [7, 11) is 0. The number of carbonyl (C=O) groups is 1. The van der Waals surface area contributed by atoms with Crippen LogP contribution in [-0.2, 0) is 4.79 Å². The molecule has 0 spiro atoms. The van der Waals surface area contributed by atoms with Gasteiger partial charge in [0.2, 0.25) is 0 Å². The van der Waals surface area contributed by atoms with Crippen molar-refractivity contribution in [1.82, 2.24) is 9.80 Å². The molecule has 0 radical (unpaired) electrons. The van der Waals surface area contributed by atoms with E-state index < -0.39 is 11.5 Å². The molecule has 1 saturated carbocycles. The predicted octanol–water partition coefficient (Wildman–Crippen LogP) is -0.0415. The second-order valence-corrected chi connectivity index (χ2v) is 5.58. The number of carboxylic acid groups (broad SMARTS) is 1. The lowest BCUT2D eigenvalue weighted by molar-refractivity contribution is -0.143. The van der Waals surface area contributed by atoms with E-state index in [1.807, 2.05) is 0 Å². The van der Waals surface area contributed by atoms with Crippen LogP contribution in [0.5, 0.6) is 0 Å². The van der Waals surface area contributed by atoms with E-state index in [9.17, 15) is 4.79 Å². The summed E-state index contributed by atoms with van der Waals surface area (Å²) in [6.07, 6.45) is 3.24. The molecule has 1 aliphatic heterocycles. The highest BCUT2D eigenvalue weighted by Crippen LogP contribution is 2.27. The summed E-state index contributed by atoms with van der Waals surface area (Å²) < 4.78 is 0. The third-order valence-electron chi connectivity index (χ3n) is 3.91. The van der Waals surface area contributed by atoms with Crippen molar-refractivity contribution in [3.8, 4) is 0 Å². The van der Waals surface area contributed by atoms with Crippen LogP contribution in [0, 0.1) is 0 Å². The summed E-state index contributed by atoms with van der Waals surface area (Å²) in [6, 6.07) is 0.843. The Labute approximate surface area is 103 Å². The molecule has 5 nitrogen and oxygen atoms in total. The highest BCUT2D eigenvalue weighted by atomic mass is 16.4. The Bertz CT molecular complexity index is 281. The Balaban J connectivity index is 1.69. The van der Waals surface area contributed by atoms with Gasteiger partial charge in [0.1, 0.15) is 5.54 Å². The van der Waals surface area contributed by atoms with Crippen LogP contribution in [0.15, 0.2) is 0 Å². The van der Waals surface area contributed by atoms with E-state index >= 15 is 0 Å². The molecular formula is C12H23N3O2.